The number of nitrogens with zero attached hydrogens (tertiary/aromatic N) is 1. The van der Waals surface area contributed by atoms with Crippen molar-refractivity contribution in [2.45, 2.75) is 6.92 Å². The van der Waals surface area contributed by atoms with E-state index in [4.69, 9.17) is 0 Å². The van der Waals surface area contributed by atoms with Gasteiger partial charge < -0.3 is 4.98 Å². The number of benzene rings is 1. The fourth-order valence-electron chi connectivity index (χ4n) is 2.10. The molecule has 0 bridgehead atoms. The van der Waals surface area contributed by atoms with Gasteiger partial charge >= 0.3 is 0 Å². The summed E-state index contributed by atoms with van der Waals surface area (Å²) in [6.45, 7) is 2.14. The van der Waals surface area contributed by atoms with Crippen molar-refractivity contribution in [1.29, 1.82) is 0 Å². The Kier molecular flexibility index (Phi) is 1.60. The molecule has 2 heterocycles. The van der Waals surface area contributed by atoms with E-state index in [2.05, 4.69) is 60.1 Å². The number of aryl methyl sites for hydroxylation is 2. The van der Waals surface area contributed by atoms with Crippen molar-refractivity contribution < 1.29 is 4.57 Å². The fourth-order valence-corrected chi connectivity index (χ4v) is 2.10. The van der Waals surface area contributed by atoms with E-state index in [1.54, 1.807) is 0 Å². The van der Waals surface area contributed by atoms with Crippen molar-refractivity contribution in [3.05, 3.63) is 42.2 Å². The van der Waals surface area contributed by atoms with Crippen molar-refractivity contribution in [3.63, 3.8) is 0 Å². The molecule has 0 unspecified atom stereocenters. The van der Waals surface area contributed by atoms with Gasteiger partial charge in [0.25, 0.3) is 0 Å². The minimum Gasteiger partial charge on any atom is -0.349 e. The lowest BCUT2D eigenvalue weighted by atomic mass is 10.2. The molecule has 2 heteroatoms. The normalized spacial score (nSPS) is 11.3. The van der Waals surface area contributed by atoms with Crippen LogP contribution in [0.2, 0.25) is 0 Å². The van der Waals surface area contributed by atoms with Crippen LogP contribution in [0.3, 0.4) is 0 Å². The lowest BCUT2D eigenvalue weighted by molar-refractivity contribution is -0.676. The Balaban J connectivity index is 2.60. The van der Waals surface area contributed by atoms with E-state index >= 15 is 0 Å². The van der Waals surface area contributed by atoms with Crippen LogP contribution in [0.15, 0.2) is 36.5 Å². The molecule has 1 N–H and O–H groups in total. The van der Waals surface area contributed by atoms with E-state index < -0.39 is 0 Å². The second kappa shape index (κ2) is 2.83. The maximum absolute atomic E-state index is 3.47. The Labute approximate surface area is 88.2 Å². The van der Waals surface area contributed by atoms with Gasteiger partial charge in [0, 0.05) is 29.3 Å². The van der Waals surface area contributed by atoms with Gasteiger partial charge in [0.05, 0.1) is 0 Å². The van der Waals surface area contributed by atoms with E-state index in [-0.39, 0.29) is 0 Å². The molecule has 1 aromatic carbocycles. The Morgan fingerprint density at radius 3 is 2.73 bits per heavy atom. The molecule has 0 aliphatic rings. The summed E-state index contributed by atoms with van der Waals surface area (Å²) in [6.07, 6.45) is 2.11. The number of nitrogens with one attached hydrogen (secondary N) is 1. The molecule has 0 radical (unpaired) electrons. The number of pyridine rings is 1. The first-order valence-corrected chi connectivity index (χ1v) is 5.13. The average molecular weight is 197 g/mol. The average Bonchev–Trinajstić information content (AvgIpc) is 2.63. The molecule has 0 amide bonds. The van der Waals surface area contributed by atoms with E-state index in [9.17, 15) is 0 Å². The molecule has 0 aliphatic heterocycles. The molecule has 0 spiro atoms. The molecule has 0 atom stereocenters. The quantitative estimate of drug-likeness (QED) is 0.534. The molecule has 0 aliphatic carbocycles. The predicted molar refractivity (Wildman–Crippen MR) is 61.7 cm³/mol. The summed E-state index contributed by atoms with van der Waals surface area (Å²) < 4.78 is 2.14. The summed E-state index contributed by atoms with van der Waals surface area (Å²) in [6, 6.07) is 10.6. The number of hydrogen-bond acceptors (Lipinski definition) is 0. The fraction of sp³-hybridized carbons (Fsp3) is 0.154. The highest BCUT2D eigenvalue weighted by Crippen LogP contribution is 2.25. The molecule has 74 valence electrons. The minimum absolute atomic E-state index is 1.21. The van der Waals surface area contributed by atoms with Crippen LogP contribution in [0.1, 0.15) is 5.69 Å². The van der Waals surface area contributed by atoms with E-state index in [1.807, 2.05) is 0 Å². The van der Waals surface area contributed by atoms with Gasteiger partial charge in [-0.1, -0.05) is 18.2 Å². The van der Waals surface area contributed by atoms with Gasteiger partial charge in [0.15, 0.2) is 6.20 Å². The monoisotopic (exact) mass is 197 g/mol. The molecule has 0 fully saturated rings. The van der Waals surface area contributed by atoms with E-state index in [0.717, 1.165) is 0 Å². The predicted octanol–water partition coefficient (Wildman–Crippen LogP) is 2.45. The third-order valence-electron chi connectivity index (χ3n) is 3.10. The van der Waals surface area contributed by atoms with E-state index in [0.29, 0.717) is 0 Å². The van der Waals surface area contributed by atoms with Gasteiger partial charge in [0.2, 0.25) is 5.69 Å². The number of H-pyrrole nitrogens is 1. The molecular weight excluding hydrogens is 184 g/mol. The van der Waals surface area contributed by atoms with Crippen LogP contribution in [0.5, 0.6) is 0 Å². The van der Waals surface area contributed by atoms with Gasteiger partial charge in [0.1, 0.15) is 12.6 Å². The Bertz CT molecular complexity index is 650. The number of aromatic amines is 1. The Hall–Kier alpha value is -1.83. The third kappa shape index (κ3) is 1.08. The van der Waals surface area contributed by atoms with Gasteiger partial charge in [-0.05, 0) is 6.07 Å². The van der Waals surface area contributed by atoms with Gasteiger partial charge in [-0.25, -0.2) is 4.57 Å². The van der Waals surface area contributed by atoms with Crippen LogP contribution < -0.4 is 4.57 Å². The number of rotatable bonds is 0. The first-order chi connectivity index (χ1) is 7.27. The molecule has 0 saturated carbocycles. The Morgan fingerprint density at radius 2 is 1.87 bits per heavy atom. The standard InChI is InChI=1S/C13H12N2/c1-9-13-11(7-8-15(9)2)10-5-3-4-6-12(10)14-13/h3-8H,1-2H3/p+1. The second-order valence-electron chi connectivity index (χ2n) is 3.97. The highest BCUT2D eigenvalue weighted by molar-refractivity contribution is 6.07. The molecule has 3 aromatic rings. The Morgan fingerprint density at radius 1 is 1.07 bits per heavy atom. The number of hydrogen-bond donors (Lipinski definition) is 1. The first-order valence-electron chi connectivity index (χ1n) is 5.13. The molecule has 0 saturated heterocycles. The smallest absolute Gasteiger partial charge is 0.202 e. The molecule has 2 aromatic heterocycles. The van der Waals surface area contributed by atoms with Crippen molar-refractivity contribution in [2.24, 2.45) is 7.05 Å². The summed E-state index contributed by atoms with van der Waals surface area (Å²) >= 11 is 0. The first kappa shape index (κ1) is 8.48. The zero-order valence-electron chi connectivity index (χ0n) is 8.91. The maximum atomic E-state index is 3.47. The number of aromatic nitrogens is 2. The number of fused-ring (bicyclic) bond motifs is 3. The van der Waals surface area contributed by atoms with Crippen molar-refractivity contribution in [3.8, 4) is 0 Å². The van der Waals surface area contributed by atoms with Crippen LogP contribution in [0.4, 0.5) is 0 Å². The molecule has 2 nitrogen and oxygen atoms in total. The van der Waals surface area contributed by atoms with Gasteiger partial charge in [-0.3, -0.25) is 0 Å². The SMILES string of the molecule is Cc1c2[nH]c3ccccc3c2cc[n+]1C. The minimum atomic E-state index is 1.21. The largest absolute Gasteiger partial charge is 0.349 e. The molecule has 15 heavy (non-hydrogen) atoms. The van der Waals surface area contributed by atoms with Gasteiger partial charge in [-0.15, -0.1) is 0 Å². The van der Waals surface area contributed by atoms with Crippen LogP contribution in [0, 0.1) is 6.92 Å². The molecular formula is C13H13N2+. The zero-order valence-corrected chi connectivity index (χ0v) is 8.91. The summed E-state index contributed by atoms with van der Waals surface area (Å²) in [5.74, 6) is 0. The number of para-hydroxylation sites is 1. The van der Waals surface area contributed by atoms with E-state index in [1.165, 1.54) is 27.5 Å². The molecule has 3 rings (SSSR count). The topological polar surface area (TPSA) is 19.7 Å². The summed E-state index contributed by atoms with van der Waals surface area (Å²) in [5.41, 5.74) is 3.71. The lowest BCUT2D eigenvalue weighted by Gasteiger charge is -1.94. The maximum Gasteiger partial charge on any atom is 0.202 e. The van der Waals surface area contributed by atoms with Crippen LogP contribution in [-0.2, 0) is 7.05 Å². The summed E-state index contributed by atoms with van der Waals surface area (Å²) in [5, 5.41) is 2.61. The highest BCUT2D eigenvalue weighted by Gasteiger charge is 2.11. The van der Waals surface area contributed by atoms with Crippen LogP contribution in [0.25, 0.3) is 21.8 Å². The highest BCUT2D eigenvalue weighted by atomic mass is 14.9. The van der Waals surface area contributed by atoms with Crippen molar-refractivity contribution in [2.75, 3.05) is 0 Å². The zero-order chi connectivity index (χ0) is 10.4. The third-order valence-corrected chi connectivity index (χ3v) is 3.10. The van der Waals surface area contributed by atoms with Crippen LogP contribution >= 0.6 is 0 Å². The summed E-state index contributed by atoms with van der Waals surface area (Å²) in [4.78, 5) is 3.47. The lowest BCUT2D eigenvalue weighted by Crippen LogP contribution is -2.31. The van der Waals surface area contributed by atoms with Gasteiger partial charge in [-0.2, -0.15) is 0 Å². The van der Waals surface area contributed by atoms with Crippen LogP contribution in [-0.4, -0.2) is 4.98 Å². The second-order valence-corrected chi connectivity index (χ2v) is 3.97. The van der Waals surface area contributed by atoms with Crippen molar-refractivity contribution in [1.82, 2.24) is 4.98 Å². The summed E-state index contributed by atoms with van der Waals surface area (Å²) in [7, 11) is 2.07. The van der Waals surface area contributed by atoms with Crippen molar-refractivity contribution >= 4 is 21.8 Å².